The van der Waals surface area contributed by atoms with Crippen LogP contribution in [0, 0.1) is 11.8 Å². The van der Waals surface area contributed by atoms with Crippen LogP contribution in [0.2, 0.25) is 0 Å². The Bertz CT molecular complexity index is 202. The van der Waals surface area contributed by atoms with Gasteiger partial charge in [-0.2, -0.15) is 0 Å². The molecule has 0 fully saturated rings. The number of carbonyl (C=O) groups excluding carboxylic acids is 1. The first-order chi connectivity index (χ1) is 7.34. The number of hydrogen-bond acceptors (Lipinski definition) is 1. The maximum atomic E-state index is 11.8. The van der Waals surface area contributed by atoms with Gasteiger partial charge in [0.1, 0.15) is 0 Å². The highest BCUT2D eigenvalue weighted by Crippen LogP contribution is 2.09. The number of urea groups is 1. The molecule has 0 aromatic carbocycles. The highest BCUT2D eigenvalue weighted by Gasteiger charge is 2.15. The summed E-state index contributed by atoms with van der Waals surface area (Å²) in [6.07, 6.45) is 2.09. The van der Waals surface area contributed by atoms with Crippen LogP contribution < -0.4 is 5.32 Å². The Morgan fingerprint density at radius 2 is 1.69 bits per heavy atom. The summed E-state index contributed by atoms with van der Waals surface area (Å²) < 4.78 is 0. The lowest BCUT2D eigenvalue weighted by atomic mass is 10.0. The molecule has 3 nitrogen and oxygen atoms in total. The first-order valence-electron chi connectivity index (χ1n) is 6.35. The monoisotopic (exact) mass is 228 g/mol. The summed E-state index contributed by atoms with van der Waals surface area (Å²) in [5, 5.41) is 2.95. The number of amides is 2. The average molecular weight is 228 g/mol. The Balaban J connectivity index is 3.88. The summed E-state index contributed by atoms with van der Waals surface area (Å²) in [6, 6.07) is 0.354. The van der Waals surface area contributed by atoms with Gasteiger partial charge in [-0.3, -0.25) is 0 Å². The molecule has 0 spiro atoms. The Hall–Kier alpha value is -0.730. The predicted molar refractivity (Wildman–Crippen MR) is 69.5 cm³/mol. The SMILES string of the molecule is CC(C)CCNC(=O)N(C)C(C)CC(C)C. The van der Waals surface area contributed by atoms with E-state index < -0.39 is 0 Å². The highest BCUT2D eigenvalue weighted by molar-refractivity contribution is 5.74. The molecule has 0 saturated carbocycles. The van der Waals surface area contributed by atoms with Crippen molar-refractivity contribution in [1.82, 2.24) is 10.2 Å². The van der Waals surface area contributed by atoms with Crippen molar-refractivity contribution < 1.29 is 4.79 Å². The average Bonchev–Trinajstić information content (AvgIpc) is 2.14. The summed E-state index contributed by atoms with van der Waals surface area (Å²) in [6.45, 7) is 11.6. The second kappa shape index (κ2) is 7.53. The van der Waals surface area contributed by atoms with E-state index in [1.807, 2.05) is 7.05 Å². The molecule has 96 valence electrons. The number of hydrogen-bond donors (Lipinski definition) is 1. The molecular formula is C13H28N2O. The van der Waals surface area contributed by atoms with Crippen molar-refractivity contribution in [3.8, 4) is 0 Å². The van der Waals surface area contributed by atoms with Crippen LogP contribution in [0.5, 0.6) is 0 Å². The fourth-order valence-corrected chi connectivity index (χ4v) is 1.63. The van der Waals surface area contributed by atoms with Crippen molar-refractivity contribution in [2.45, 2.75) is 53.5 Å². The van der Waals surface area contributed by atoms with Crippen LogP contribution in [0.3, 0.4) is 0 Å². The van der Waals surface area contributed by atoms with Gasteiger partial charge in [-0.15, -0.1) is 0 Å². The van der Waals surface area contributed by atoms with E-state index in [9.17, 15) is 4.79 Å². The number of carbonyl (C=O) groups is 1. The van der Waals surface area contributed by atoms with Gasteiger partial charge in [0.25, 0.3) is 0 Å². The molecule has 0 aliphatic rings. The minimum Gasteiger partial charge on any atom is -0.338 e. The molecule has 1 unspecified atom stereocenters. The zero-order valence-corrected chi connectivity index (χ0v) is 11.7. The summed E-state index contributed by atoms with van der Waals surface area (Å²) >= 11 is 0. The van der Waals surface area contributed by atoms with Gasteiger partial charge in [-0.1, -0.05) is 27.7 Å². The van der Waals surface area contributed by atoms with E-state index in [4.69, 9.17) is 0 Å². The third-order valence-corrected chi connectivity index (χ3v) is 2.79. The van der Waals surface area contributed by atoms with Crippen LogP contribution in [-0.2, 0) is 0 Å². The molecule has 0 aromatic heterocycles. The van der Waals surface area contributed by atoms with Crippen LogP contribution in [0.25, 0.3) is 0 Å². The normalized spacial score (nSPS) is 13.0. The molecular weight excluding hydrogens is 200 g/mol. The predicted octanol–water partition coefficient (Wildman–Crippen LogP) is 3.11. The van der Waals surface area contributed by atoms with Crippen molar-refractivity contribution in [3.63, 3.8) is 0 Å². The quantitative estimate of drug-likeness (QED) is 0.744. The Morgan fingerprint density at radius 1 is 1.12 bits per heavy atom. The fourth-order valence-electron chi connectivity index (χ4n) is 1.63. The van der Waals surface area contributed by atoms with Crippen LogP contribution in [0.4, 0.5) is 4.79 Å². The third kappa shape index (κ3) is 6.70. The van der Waals surface area contributed by atoms with E-state index in [1.54, 1.807) is 4.90 Å². The highest BCUT2D eigenvalue weighted by atomic mass is 16.2. The largest absolute Gasteiger partial charge is 0.338 e. The standard InChI is InChI=1S/C13H28N2O/c1-10(2)7-8-14-13(16)15(6)12(5)9-11(3)4/h10-12H,7-9H2,1-6H3,(H,14,16). The van der Waals surface area contributed by atoms with Crippen molar-refractivity contribution in [3.05, 3.63) is 0 Å². The van der Waals surface area contributed by atoms with Crippen molar-refractivity contribution in [1.29, 1.82) is 0 Å². The summed E-state index contributed by atoms with van der Waals surface area (Å²) in [7, 11) is 1.87. The first-order valence-corrected chi connectivity index (χ1v) is 6.35. The van der Waals surface area contributed by atoms with Gasteiger partial charge in [-0.05, 0) is 31.6 Å². The molecule has 1 atom stereocenters. The molecule has 0 aromatic rings. The van der Waals surface area contributed by atoms with E-state index in [0.29, 0.717) is 17.9 Å². The third-order valence-electron chi connectivity index (χ3n) is 2.79. The molecule has 16 heavy (non-hydrogen) atoms. The zero-order chi connectivity index (χ0) is 12.7. The number of rotatable bonds is 6. The van der Waals surface area contributed by atoms with Gasteiger partial charge in [-0.25, -0.2) is 4.79 Å². The lowest BCUT2D eigenvalue weighted by Crippen LogP contribution is -2.43. The maximum absolute atomic E-state index is 11.8. The fraction of sp³-hybridized carbons (Fsp3) is 0.923. The number of nitrogens with zero attached hydrogens (tertiary/aromatic N) is 1. The Labute approximate surface area is 101 Å². The summed E-state index contributed by atoms with van der Waals surface area (Å²) in [5.74, 6) is 1.26. The zero-order valence-electron chi connectivity index (χ0n) is 11.7. The lowest BCUT2D eigenvalue weighted by Gasteiger charge is -2.26. The molecule has 0 rings (SSSR count). The van der Waals surface area contributed by atoms with Crippen molar-refractivity contribution >= 4 is 6.03 Å². The van der Waals surface area contributed by atoms with Crippen LogP contribution >= 0.6 is 0 Å². The molecule has 0 aliphatic carbocycles. The Morgan fingerprint density at radius 3 is 2.12 bits per heavy atom. The number of nitrogens with one attached hydrogen (secondary N) is 1. The van der Waals surface area contributed by atoms with Crippen molar-refractivity contribution in [2.24, 2.45) is 11.8 Å². The maximum Gasteiger partial charge on any atom is 0.317 e. The van der Waals surface area contributed by atoms with Gasteiger partial charge in [0, 0.05) is 19.6 Å². The van der Waals surface area contributed by atoms with E-state index >= 15 is 0 Å². The molecule has 0 aliphatic heterocycles. The first kappa shape index (κ1) is 15.3. The van der Waals surface area contributed by atoms with Gasteiger partial charge < -0.3 is 10.2 Å². The van der Waals surface area contributed by atoms with E-state index in [2.05, 4.69) is 39.9 Å². The van der Waals surface area contributed by atoms with Gasteiger partial charge in [0.2, 0.25) is 0 Å². The van der Waals surface area contributed by atoms with Gasteiger partial charge in [0.15, 0.2) is 0 Å². The molecule has 0 heterocycles. The van der Waals surface area contributed by atoms with Crippen LogP contribution in [0.15, 0.2) is 0 Å². The molecule has 0 saturated heterocycles. The summed E-state index contributed by atoms with van der Waals surface area (Å²) in [4.78, 5) is 13.6. The topological polar surface area (TPSA) is 32.3 Å². The van der Waals surface area contributed by atoms with Gasteiger partial charge >= 0.3 is 6.03 Å². The molecule has 2 amide bonds. The van der Waals surface area contributed by atoms with Crippen LogP contribution in [0.1, 0.15) is 47.5 Å². The second-order valence-electron chi connectivity index (χ2n) is 5.50. The molecule has 1 N–H and O–H groups in total. The van der Waals surface area contributed by atoms with E-state index in [1.165, 1.54) is 0 Å². The smallest absolute Gasteiger partial charge is 0.317 e. The minimum absolute atomic E-state index is 0.0498. The molecule has 3 heteroatoms. The minimum atomic E-state index is 0.0498. The van der Waals surface area contributed by atoms with Crippen LogP contribution in [-0.4, -0.2) is 30.6 Å². The Kier molecular flexibility index (Phi) is 7.18. The second-order valence-corrected chi connectivity index (χ2v) is 5.50. The van der Waals surface area contributed by atoms with E-state index in [0.717, 1.165) is 19.4 Å². The van der Waals surface area contributed by atoms with Crippen molar-refractivity contribution in [2.75, 3.05) is 13.6 Å². The molecule has 0 bridgehead atoms. The van der Waals surface area contributed by atoms with Gasteiger partial charge in [0.05, 0.1) is 0 Å². The molecule has 0 radical (unpaired) electrons. The lowest BCUT2D eigenvalue weighted by molar-refractivity contribution is 0.186. The van der Waals surface area contributed by atoms with E-state index in [-0.39, 0.29) is 6.03 Å². The summed E-state index contributed by atoms with van der Waals surface area (Å²) in [5.41, 5.74) is 0.